The van der Waals surface area contributed by atoms with Crippen molar-refractivity contribution in [3.05, 3.63) is 21.9 Å². The van der Waals surface area contributed by atoms with Crippen LogP contribution in [0.1, 0.15) is 31.2 Å². The predicted molar refractivity (Wildman–Crippen MR) is 75.0 cm³/mol. The zero-order valence-electron chi connectivity index (χ0n) is 11.3. The molecule has 1 saturated carbocycles. The summed E-state index contributed by atoms with van der Waals surface area (Å²) in [5.74, 6) is -1.12. The van der Waals surface area contributed by atoms with Gasteiger partial charge < -0.3 is 14.6 Å². The zero-order chi connectivity index (χ0) is 14.9. The van der Waals surface area contributed by atoms with Crippen LogP contribution in [0.4, 0.5) is 4.39 Å². The lowest BCUT2D eigenvalue weighted by Gasteiger charge is -2.28. The van der Waals surface area contributed by atoms with Crippen LogP contribution in [0.25, 0.3) is 0 Å². The molecule has 0 spiro atoms. The minimum Gasteiger partial charge on any atom is -0.493 e. The van der Waals surface area contributed by atoms with Gasteiger partial charge in [0, 0.05) is 6.07 Å². The summed E-state index contributed by atoms with van der Waals surface area (Å²) in [7, 11) is 2.83. The Morgan fingerprint density at radius 1 is 1.35 bits per heavy atom. The molecule has 0 aromatic heterocycles. The Morgan fingerprint density at radius 2 is 1.95 bits per heavy atom. The predicted octanol–water partition coefficient (Wildman–Crippen LogP) is 3.50. The topological polar surface area (TPSA) is 55.8 Å². The molecule has 0 bridgehead atoms. The van der Waals surface area contributed by atoms with Gasteiger partial charge in [0.1, 0.15) is 5.82 Å². The number of aliphatic carboxylic acids is 1. The molecule has 0 unspecified atom stereocenters. The summed E-state index contributed by atoms with van der Waals surface area (Å²) in [5.41, 5.74) is -1.16. The number of carboxylic acid groups (broad SMARTS) is 1. The highest BCUT2D eigenvalue weighted by molar-refractivity contribution is 9.10. The summed E-state index contributed by atoms with van der Waals surface area (Å²) >= 11 is 3.12. The van der Waals surface area contributed by atoms with Gasteiger partial charge in [-0.2, -0.15) is 0 Å². The van der Waals surface area contributed by atoms with Crippen LogP contribution in [0.15, 0.2) is 10.5 Å². The van der Waals surface area contributed by atoms with Crippen LogP contribution in [0.2, 0.25) is 0 Å². The first-order chi connectivity index (χ1) is 9.47. The van der Waals surface area contributed by atoms with Gasteiger partial charge in [-0.25, -0.2) is 4.39 Å². The van der Waals surface area contributed by atoms with Gasteiger partial charge in [-0.3, -0.25) is 4.79 Å². The van der Waals surface area contributed by atoms with Crippen molar-refractivity contribution in [3.63, 3.8) is 0 Å². The van der Waals surface area contributed by atoms with Gasteiger partial charge in [0.05, 0.1) is 29.7 Å². The van der Waals surface area contributed by atoms with E-state index in [9.17, 15) is 14.3 Å². The lowest BCUT2D eigenvalue weighted by molar-refractivity contribution is -0.143. The van der Waals surface area contributed by atoms with Crippen molar-refractivity contribution in [1.82, 2.24) is 0 Å². The molecule has 1 aliphatic carbocycles. The van der Waals surface area contributed by atoms with E-state index in [-0.39, 0.29) is 15.8 Å². The van der Waals surface area contributed by atoms with Crippen LogP contribution in [0.3, 0.4) is 0 Å². The quantitative estimate of drug-likeness (QED) is 0.906. The Labute approximate surface area is 125 Å². The van der Waals surface area contributed by atoms with Crippen molar-refractivity contribution in [2.75, 3.05) is 14.2 Å². The molecule has 110 valence electrons. The van der Waals surface area contributed by atoms with Crippen molar-refractivity contribution in [2.24, 2.45) is 0 Å². The number of methoxy groups -OCH3 is 2. The molecular formula is C14H16BrFO4. The van der Waals surface area contributed by atoms with E-state index in [1.54, 1.807) is 0 Å². The van der Waals surface area contributed by atoms with Crippen LogP contribution in [-0.2, 0) is 10.2 Å². The number of hydrogen-bond acceptors (Lipinski definition) is 3. The zero-order valence-corrected chi connectivity index (χ0v) is 12.9. The van der Waals surface area contributed by atoms with Crippen molar-refractivity contribution in [2.45, 2.75) is 31.1 Å². The number of halogens is 2. The molecule has 0 saturated heterocycles. The minimum atomic E-state index is -1.24. The molecule has 0 atom stereocenters. The molecule has 0 amide bonds. The molecule has 1 aromatic rings. The maximum Gasteiger partial charge on any atom is 0.314 e. The van der Waals surface area contributed by atoms with Gasteiger partial charge in [-0.1, -0.05) is 12.8 Å². The fourth-order valence-electron chi connectivity index (χ4n) is 2.92. The smallest absolute Gasteiger partial charge is 0.314 e. The molecule has 0 heterocycles. The van der Waals surface area contributed by atoms with E-state index in [2.05, 4.69) is 15.9 Å². The summed E-state index contributed by atoms with van der Waals surface area (Å²) in [5, 5.41) is 9.64. The van der Waals surface area contributed by atoms with E-state index in [1.807, 2.05) is 0 Å². The van der Waals surface area contributed by atoms with Gasteiger partial charge in [0.15, 0.2) is 11.5 Å². The first-order valence-corrected chi connectivity index (χ1v) is 7.11. The molecule has 0 aliphatic heterocycles. The second-order valence-electron chi connectivity index (χ2n) is 4.88. The van der Waals surface area contributed by atoms with Crippen molar-refractivity contribution in [3.8, 4) is 11.5 Å². The molecule has 1 aromatic carbocycles. The average molecular weight is 347 g/mol. The molecule has 0 radical (unpaired) electrons. The van der Waals surface area contributed by atoms with Crippen molar-refractivity contribution < 1.29 is 23.8 Å². The van der Waals surface area contributed by atoms with Crippen LogP contribution in [0.5, 0.6) is 11.5 Å². The van der Waals surface area contributed by atoms with E-state index in [0.29, 0.717) is 18.6 Å². The second kappa shape index (κ2) is 5.60. The normalized spacial score (nSPS) is 17.0. The van der Waals surface area contributed by atoms with Gasteiger partial charge in [0.25, 0.3) is 0 Å². The fourth-order valence-corrected chi connectivity index (χ4v) is 3.32. The first-order valence-electron chi connectivity index (χ1n) is 6.31. The SMILES string of the molecule is COc1cc(Br)c(F)c(C2(C(=O)O)CCCC2)c1OC. The van der Waals surface area contributed by atoms with E-state index in [0.717, 1.165) is 12.8 Å². The summed E-state index contributed by atoms with van der Waals surface area (Å²) < 4.78 is 25.2. The average Bonchev–Trinajstić information content (AvgIpc) is 2.91. The monoisotopic (exact) mass is 346 g/mol. The minimum absolute atomic E-state index is 0.0798. The fraction of sp³-hybridized carbons (Fsp3) is 0.500. The van der Waals surface area contributed by atoms with Crippen LogP contribution in [0, 0.1) is 5.82 Å². The lowest BCUT2D eigenvalue weighted by Crippen LogP contribution is -2.34. The van der Waals surface area contributed by atoms with E-state index in [4.69, 9.17) is 9.47 Å². The summed E-state index contributed by atoms with van der Waals surface area (Å²) in [6, 6.07) is 1.45. The summed E-state index contributed by atoms with van der Waals surface area (Å²) in [6.45, 7) is 0. The maximum atomic E-state index is 14.6. The third-order valence-electron chi connectivity index (χ3n) is 3.91. The number of ether oxygens (including phenoxy) is 2. The Balaban J connectivity index is 2.77. The van der Waals surface area contributed by atoms with E-state index >= 15 is 0 Å². The van der Waals surface area contributed by atoms with Crippen LogP contribution < -0.4 is 9.47 Å². The standard InChI is InChI=1S/C14H16BrFO4/c1-19-9-7-8(15)11(16)10(12(9)20-2)14(13(17)18)5-3-4-6-14/h7H,3-6H2,1-2H3,(H,17,18). The summed E-state index contributed by atoms with van der Waals surface area (Å²) in [4.78, 5) is 11.8. The highest BCUT2D eigenvalue weighted by Crippen LogP contribution is 2.50. The number of carboxylic acids is 1. The van der Waals surface area contributed by atoms with Crippen molar-refractivity contribution in [1.29, 1.82) is 0 Å². The number of benzene rings is 1. The number of hydrogen-bond donors (Lipinski definition) is 1. The molecular weight excluding hydrogens is 331 g/mol. The maximum absolute atomic E-state index is 14.6. The third-order valence-corrected chi connectivity index (χ3v) is 4.48. The lowest BCUT2D eigenvalue weighted by atomic mass is 9.78. The highest BCUT2D eigenvalue weighted by atomic mass is 79.9. The van der Waals surface area contributed by atoms with Gasteiger partial charge >= 0.3 is 5.97 Å². The number of rotatable bonds is 4. The Hall–Kier alpha value is -1.30. The molecule has 1 N–H and O–H groups in total. The number of carbonyl (C=O) groups is 1. The van der Waals surface area contributed by atoms with E-state index in [1.165, 1.54) is 20.3 Å². The highest BCUT2D eigenvalue weighted by Gasteiger charge is 2.48. The molecule has 4 nitrogen and oxygen atoms in total. The molecule has 2 rings (SSSR count). The Morgan fingerprint density at radius 3 is 2.40 bits per heavy atom. The van der Waals surface area contributed by atoms with Gasteiger partial charge in [-0.05, 0) is 28.8 Å². The second-order valence-corrected chi connectivity index (χ2v) is 5.73. The van der Waals surface area contributed by atoms with Crippen LogP contribution >= 0.6 is 15.9 Å². The van der Waals surface area contributed by atoms with Gasteiger partial charge in [-0.15, -0.1) is 0 Å². The summed E-state index contributed by atoms with van der Waals surface area (Å²) in [6.07, 6.45) is 2.30. The Bertz CT molecular complexity index is 538. The van der Waals surface area contributed by atoms with Crippen LogP contribution in [-0.4, -0.2) is 25.3 Å². The third kappa shape index (κ3) is 2.16. The molecule has 1 aliphatic rings. The van der Waals surface area contributed by atoms with E-state index < -0.39 is 17.2 Å². The molecule has 6 heteroatoms. The molecule has 1 fully saturated rings. The molecule has 20 heavy (non-hydrogen) atoms. The van der Waals surface area contributed by atoms with Crippen molar-refractivity contribution >= 4 is 21.9 Å². The van der Waals surface area contributed by atoms with Gasteiger partial charge in [0.2, 0.25) is 0 Å². The largest absolute Gasteiger partial charge is 0.493 e. The first kappa shape index (κ1) is 15.1. The Kier molecular flexibility index (Phi) is 4.22.